The number of benzene rings is 1. The fraction of sp³-hybridized carbons (Fsp3) is 0.458. The lowest BCUT2D eigenvalue weighted by molar-refractivity contribution is -0.135. The minimum atomic E-state index is -0.975. The van der Waals surface area contributed by atoms with Crippen molar-refractivity contribution in [1.29, 1.82) is 5.26 Å². The van der Waals surface area contributed by atoms with Gasteiger partial charge in [0.1, 0.15) is 6.07 Å². The fourth-order valence-corrected chi connectivity index (χ4v) is 5.08. The van der Waals surface area contributed by atoms with Crippen molar-refractivity contribution >= 4 is 29.5 Å². The van der Waals surface area contributed by atoms with Crippen LogP contribution in [0.25, 0.3) is 0 Å². The van der Waals surface area contributed by atoms with Crippen molar-refractivity contribution in [2.45, 2.75) is 31.7 Å². The molecule has 4 rings (SSSR count). The van der Waals surface area contributed by atoms with Gasteiger partial charge in [-0.1, -0.05) is 23.7 Å². The molecule has 2 amide bonds. The third-order valence-corrected chi connectivity index (χ3v) is 7.03. The zero-order valence-corrected chi connectivity index (χ0v) is 19.7. The molecule has 2 atom stereocenters. The molecule has 178 valence electrons. The second kappa shape index (κ2) is 10.3. The Bertz CT molecular complexity index is 1060. The van der Waals surface area contributed by atoms with Crippen LogP contribution in [0.4, 0.5) is 10.7 Å². The van der Waals surface area contributed by atoms with E-state index in [2.05, 4.69) is 9.97 Å². The number of halogens is 1. The lowest BCUT2D eigenvalue weighted by Crippen LogP contribution is -2.45. The maximum absolute atomic E-state index is 13.4. The molecule has 3 heterocycles. The third-order valence-electron chi connectivity index (χ3n) is 6.78. The van der Waals surface area contributed by atoms with E-state index in [1.807, 2.05) is 34.9 Å². The van der Waals surface area contributed by atoms with Crippen LogP contribution in [0.5, 0.6) is 0 Å². The number of likely N-dealkylation sites (N-methyl/N-ethyl adjacent to an activating group) is 1. The molecule has 2 fully saturated rings. The Hall–Kier alpha value is -3.38. The van der Waals surface area contributed by atoms with Gasteiger partial charge in [0.05, 0.1) is 24.0 Å². The summed E-state index contributed by atoms with van der Waals surface area (Å²) in [7, 11) is 0. The first-order chi connectivity index (χ1) is 16.4. The summed E-state index contributed by atoms with van der Waals surface area (Å²) in [4.78, 5) is 39.1. The highest BCUT2D eigenvalue weighted by molar-refractivity contribution is 6.30. The smallest absolute Gasteiger partial charge is 0.407 e. The number of piperidine rings is 1. The molecule has 1 N–H and O–H groups in total. The first-order valence-corrected chi connectivity index (χ1v) is 11.8. The van der Waals surface area contributed by atoms with E-state index in [9.17, 15) is 14.7 Å². The number of aromatic nitrogens is 2. The number of carboxylic acid groups (broad SMARTS) is 1. The second-order valence-corrected chi connectivity index (χ2v) is 9.12. The minimum Gasteiger partial charge on any atom is -0.465 e. The van der Waals surface area contributed by atoms with Crippen molar-refractivity contribution in [3.63, 3.8) is 0 Å². The largest absolute Gasteiger partial charge is 0.465 e. The van der Waals surface area contributed by atoms with Crippen molar-refractivity contribution < 1.29 is 14.7 Å². The average Bonchev–Trinajstić information content (AvgIpc) is 3.29. The zero-order chi connectivity index (χ0) is 24.2. The summed E-state index contributed by atoms with van der Waals surface area (Å²) < 4.78 is 0. The van der Waals surface area contributed by atoms with Gasteiger partial charge in [0.25, 0.3) is 0 Å². The van der Waals surface area contributed by atoms with E-state index in [1.165, 1.54) is 17.3 Å². The average molecular weight is 483 g/mol. The summed E-state index contributed by atoms with van der Waals surface area (Å²) in [6.07, 6.45) is 3.37. The van der Waals surface area contributed by atoms with Crippen molar-refractivity contribution in [2.75, 3.05) is 37.6 Å². The Morgan fingerprint density at radius 2 is 1.82 bits per heavy atom. The minimum absolute atomic E-state index is 0.0725. The molecular formula is C24H27ClN6O3. The van der Waals surface area contributed by atoms with E-state index in [0.29, 0.717) is 62.1 Å². The highest BCUT2D eigenvalue weighted by Gasteiger charge is 2.42. The van der Waals surface area contributed by atoms with Crippen LogP contribution in [-0.4, -0.2) is 75.6 Å². The van der Waals surface area contributed by atoms with Gasteiger partial charge in [0, 0.05) is 49.6 Å². The third kappa shape index (κ3) is 4.92. The maximum Gasteiger partial charge on any atom is 0.407 e. The van der Waals surface area contributed by atoms with Crippen molar-refractivity contribution in [1.82, 2.24) is 19.8 Å². The monoisotopic (exact) mass is 482 g/mol. The molecule has 9 nitrogen and oxygen atoms in total. The van der Waals surface area contributed by atoms with Crippen molar-refractivity contribution in [3.8, 4) is 6.07 Å². The number of nitrogens with zero attached hydrogens (tertiary/aromatic N) is 6. The second-order valence-electron chi connectivity index (χ2n) is 8.68. The SMILES string of the molecule is CCN(C(=O)O)[C@H]1CN(C(=O)C2CCN(c3ncc(C#N)cn3)CC2)C[C@@H]1c1ccc(Cl)cc1. The molecular weight excluding hydrogens is 456 g/mol. The number of carbonyl (C=O) groups excluding carboxylic acids is 1. The van der Waals surface area contributed by atoms with Gasteiger partial charge in [-0.2, -0.15) is 5.26 Å². The Kier molecular flexibility index (Phi) is 7.17. The molecule has 10 heteroatoms. The van der Waals surface area contributed by atoms with Gasteiger partial charge in [-0.25, -0.2) is 14.8 Å². The first-order valence-electron chi connectivity index (χ1n) is 11.4. The van der Waals surface area contributed by atoms with Crippen LogP contribution in [0.3, 0.4) is 0 Å². The van der Waals surface area contributed by atoms with Crippen LogP contribution >= 0.6 is 11.6 Å². The predicted molar refractivity (Wildman–Crippen MR) is 127 cm³/mol. The highest BCUT2D eigenvalue weighted by Crippen LogP contribution is 2.34. The van der Waals surface area contributed by atoms with Crippen molar-refractivity contribution in [2.24, 2.45) is 5.92 Å². The lowest BCUT2D eigenvalue weighted by Gasteiger charge is -2.33. The van der Waals surface area contributed by atoms with Crippen LogP contribution in [-0.2, 0) is 4.79 Å². The number of nitriles is 1. The summed E-state index contributed by atoms with van der Waals surface area (Å²) in [5.41, 5.74) is 1.40. The summed E-state index contributed by atoms with van der Waals surface area (Å²) in [5, 5.41) is 19.3. The Morgan fingerprint density at radius 1 is 1.18 bits per heavy atom. The van der Waals surface area contributed by atoms with Gasteiger partial charge in [0.2, 0.25) is 11.9 Å². The van der Waals surface area contributed by atoms with Gasteiger partial charge in [-0.05, 0) is 37.5 Å². The molecule has 2 aliphatic heterocycles. The number of carbonyl (C=O) groups is 2. The number of likely N-dealkylation sites (tertiary alicyclic amines) is 1. The fourth-order valence-electron chi connectivity index (χ4n) is 4.96. The zero-order valence-electron chi connectivity index (χ0n) is 19.0. The predicted octanol–water partition coefficient (Wildman–Crippen LogP) is 3.21. The number of rotatable bonds is 5. The van der Waals surface area contributed by atoms with Crippen LogP contribution in [0.15, 0.2) is 36.7 Å². The summed E-state index contributed by atoms with van der Waals surface area (Å²) in [6.45, 7) is 4.33. The molecule has 2 saturated heterocycles. The van der Waals surface area contributed by atoms with E-state index < -0.39 is 6.09 Å². The summed E-state index contributed by atoms with van der Waals surface area (Å²) in [6, 6.07) is 9.14. The van der Waals surface area contributed by atoms with E-state index in [1.54, 1.807) is 12.1 Å². The van der Waals surface area contributed by atoms with E-state index in [0.717, 1.165) is 5.56 Å². The van der Waals surface area contributed by atoms with Gasteiger partial charge in [0.15, 0.2) is 0 Å². The molecule has 0 saturated carbocycles. The molecule has 0 spiro atoms. The Labute approximate surface area is 203 Å². The van der Waals surface area contributed by atoms with E-state index in [-0.39, 0.29) is 23.8 Å². The van der Waals surface area contributed by atoms with E-state index in [4.69, 9.17) is 16.9 Å². The Morgan fingerprint density at radius 3 is 2.38 bits per heavy atom. The number of anilines is 1. The molecule has 2 aromatic rings. The van der Waals surface area contributed by atoms with Gasteiger partial charge in [-0.15, -0.1) is 0 Å². The molecule has 0 aliphatic carbocycles. The van der Waals surface area contributed by atoms with Gasteiger partial charge >= 0.3 is 6.09 Å². The summed E-state index contributed by atoms with van der Waals surface area (Å²) in [5.74, 6) is 0.404. The topological polar surface area (TPSA) is 114 Å². The molecule has 1 aromatic carbocycles. The maximum atomic E-state index is 13.4. The van der Waals surface area contributed by atoms with Crippen LogP contribution < -0.4 is 4.90 Å². The van der Waals surface area contributed by atoms with Crippen molar-refractivity contribution in [3.05, 3.63) is 52.8 Å². The van der Waals surface area contributed by atoms with Crippen LogP contribution in [0, 0.1) is 17.2 Å². The van der Waals surface area contributed by atoms with Gasteiger partial charge < -0.3 is 19.8 Å². The molecule has 1 aromatic heterocycles. The number of amides is 2. The molecule has 2 aliphatic rings. The number of hydrogen-bond donors (Lipinski definition) is 1. The first kappa shape index (κ1) is 23.8. The summed E-state index contributed by atoms with van der Waals surface area (Å²) >= 11 is 6.05. The quantitative estimate of drug-likeness (QED) is 0.695. The lowest BCUT2D eigenvalue weighted by atomic mass is 9.93. The number of hydrogen-bond acceptors (Lipinski definition) is 6. The molecule has 34 heavy (non-hydrogen) atoms. The molecule has 0 unspecified atom stereocenters. The van der Waals surface area contributed by atoms with Crippen LogP contribution in [0.2, 0.25) is 5.02 Å². The van der Waals surface area contributed by atoms with E-state index >= 15 is 0 Å². The van der Waals surface area contributed by atoms with Crippen LogP contribution in [0.1, 0.15) is 36.8 Å². The molecule has 0 bridgehead atoms. The molecule has 0 radical (unpaired) electrons. The standard InChI is InChI=1S/C24H27ClN6O3/c1-2-31(24(33)34)21-15-30(14-20(21)17-3-5-19(25)6-4-17)22(32)18-7-9-29(10-8-18)23-27-12-16(11-26)13-28-23/h3-6,12-13,18,20-21H,2,7-10,14-15H2,1H3,(H,33,34)/t20-,21+/m1/s1. The van der Waals surface area contributed by atoms with Gasteiger partial charge in [-0.3, -0.25) is 4.79 Å². The Balaban J connectivity index is 1.44. The highest BCUT2D eigenvalue weighted by atomic mass is 35.5. The normalized spacial score (nSPS) is 20.7.